The minimum Gasteiger partial charge on any atom is -0.471 e. The summed E-state index contributed by atoms with van der Waals surface area (Å²) >= 11 is 0. The van der Waals surface area contributed by atoms with Crippen LogP contribution in [0.2, 0.25) is 0 Å². The Balaban J connectivity index is 1.29. The van der Waals surface area contributed by atoms with Crippen molar-refractivity contribution in [3.63, 3.8) is 0 Å². The molecular weight excluding hydrogens is 392 g/mol. The summed E-state index contributed by atoms with van der Waals surface area (Å²) in [5, 5.41) is 8.83. The van der Waals surface area contributed by atoms with Crippen molar-refractivity contribution in [1.82, 2.24) is 29.4 Å². The minimum atomic E-state index is -0.0256. The fourth-order valence-electron chi connectivity index (χ4n) is 4.02. The molecule has 1 aliphatic heterocycles. The molecule has 2 aromatic heterocycles. The molecule has 0 radical (unpaired) electrons. The van der Waals surface area contributed by atoms with Crippen LogP contribution in [0.1, 0.15) is 32.9 Å². The van der Waals surface area contributed by atoms with Crippen LogP contribution in [0.25, 0.3) is 0 Å². The number of hydrogen-bond donors (Lipinski definition) is 0. The maximum atomic E-state index is 12.9. The van der Waals surface area contributed by atoms with Gasteiger partial charge in [-0.25, -0.2) is 4.68 Å². The van der Waals surface area contributed by atoms with E-state index in [1.54, 1.807) is 16.9 Å². The monoisotopic (exact) mass is 422 g/mol. The van der Waals surface area contributed by atoms with Crippen molar-refractivity contribution in [2.24, 2.45) is 7.05 Å². The molecule has 0 bridgehead atoms. The van der Waals surface area contributed by atoms with Gasteiger partial charge in [-0.2, -0.15) is 10.2 Å². The number of nitrogens with zero attached hydrogens (tertiary/aromatic N) is 6. The third-order valence-electron chi connectivity index (χ3n) is 5.59. The summed E-state index contributed by atoms with van der Waals surface area (Å²) in [6.45, 7) is 10.3. The molecule has 3 aromatic rings. The summed E-state index contributed by atoms with van der Waals surface area (Å²) in [4.78, 5) is 17.1. The first-order valence-electron chi connectivity index (χ1n) is 10.6. The van der Waals surface area contributed by atoms with Gasteiger partial charge in [0.25, 0.3) is 5.91 Å². The summed E-state index contributed by atoms with van der Waals surface area (Å²) in [5.74, 6) is 0.781. The number of amides is 1. The molecule has 1 aromatic carbocycles. The second-order valence-electron chi connectivity index (χ2n) is 8.32. The second kappa shape index (κ2) is 8.93. The zero-order chi connectivity index (χ0) is 22.0. The second-order valence-corrected chi connectivity index (χ2v) is 8.32. The molecule has 1 saturated heterocycles. The first kappa shape index (κ1) is 21.1. The van der Waals surface area contributed by atoms with E-state index < -0.39 is 0 Å². The summed E-state index contributed by atoms with van der Waals surface area (Å²) in [7, 11) is 1.94. The van der Waals surface area contributed by atoms with Gasteiger partial charge in [-0.1, -0.05) is 6.07 Å². The van der Waals surface area contributed by atoms with Crippen LogP contribution in [0.4, 0.5) is 0 Å². The fraction of sp³-hybridized carbons (Fsp3) is 0.435. The van der Waals surface area contributed by atoms with Crippen molar-refractivity contribution >= 4 is 5.91 Å². The summed E-state index contributed by atoms with van der Waals surface area (Å²) in [6, 6.07) is 7.86. The fourth-order valence-corrected chi connectivity index (χ4v) is 4.02. The number of piperazine rings is 1. The molecule has 0 unspecified atom stereocenters. The van der Waals surface area contributed by atoms with Gasteiger partial charge in [0.05, 0.1) is 5.69 Å². The van der Waals surface area contributed by atoms with E-state index in [1.165, 1.54) is 5.56 Å². The lowest BCUT2D eigenvalue weighted by Gasteiger charge is -2.34. The van der Waals surface area contributed by atoms with Crippen LogP contribution >= 0.6 is 0 Å². The Kier molecular flexibility index (Phi) is 6.08. The highest BCUT2D eigenvalue weighted by atomic mass is 16.5. The average Bonchev–Trinajstić information content (AvgIpc) is 3.32. The Morgan fingerprint density at radius 2 is 1.74 bits per heavy atom. The standard InChI is InChI=1S/C23H30N6O2/c1-17-11-18(2)13-21(12-17)31-16-29-6-5-22(25-29)23(30)28-9-7-27(8-10-28)15-20-14-26(4)24-19(20)3/h5-6,11-14H,7-10,15-16H2,1-4H3. The predicted molar refractivity (Wildman–Crippen MR) is 118 cm³/mol. The zero-order valence-electron chi connectivity index (χ0n) is 18.7. The SMILES string of the molecule is Cc1cc(C)cc(OCn2ccc(C(=O)N3CCN(Cc4cn(C)nc4C)CC3)n2)c1. The van der Waals surface area contributed by atoms with Gasteiger partial charge in [-0.3, -0.25) is 14.4 Å². The normalized spacial score (nSPS) is 14.8. The van der Waals surface area contributed by atoms with Gasteiger partial charge < -0.3 is 9.64 Å². The number of benzene rings is 1. The lowest BCUT2D eigenvalue weighted by Crippen LogP contribution is -2.48. The van der Waals surface area contributed by atoms with Gasteiger partial charge >= 0.3 is 0 Å². The molecule has 1 amide bonds. The highest BCUT2D eigenvalue weighted by molar-refractivity contribution is 5.92. The van der Waals surface area contributed by atoms with Crippen molar-refractivity contribution in [2.45, 2.75) is 34.0 Å². The number of rotatable bonds is 6. The van der Waals surface area contributed by atoms with E-state index in [-0.39, 0.29) is 12.6 Å². The number of ether oxygens (including phenoxy) is 1. The van der Waals surface area contributed by atoms with E-state index in [1.807, 2.05) is 49.5 Å². The number of aromatic nitrogens is 4. The maximum Gasteiger partial charge on any atom is 0.274 e. The third kappa shape index (κ3) is 5.14. The number of aryl methyl sites for hydroxylation is 4. The molecule has 1 aliphatic rings. The molecule has 31 heavy (non-hydrogen) atoms. The molecule has 0 saturated carbocycles. The van der Waals surface area contributed by atoms with Crippen LogP contribution in [-0.2, 0) is 20.3 Å². The summed E-state index contributed by atoms with van der Waals surface area (Å²) in [6.07, 6.45) is 3.86. The largest absolute Gasteiger partial charge is 0.471 e. The Labute approximate surface area is 183 Å². The molecule has 164 valence electrons. The molecular formula is C23H30N6O2. The van der Waals surface area contributed by atoms with Crippen LogP contribution in [-0.4, -0.2) is 61.4 Å². The van der Waals surface area contributed by atoms with Gasteiger partial charge in [-0.05, 0) is 50.1 Å². The van der Waals surface area contributed by atoms with Gasteiger partial charge in [0, 0.05) is 57.7 Å². The summed E-state index contributed by atoms with van der Waals surface area (Å²) in [5.41, 5.74) is 5.08. The number of carbonyl (C=O) groups is 1. The Morgan fingerprint density at radius 3 is 2.39 bits per heavy atom. The van der Waals surface area contributed by atoms with Crippen molar-refractivity contribution in [3.8, 4) is 5.75 Å². The lowest BCUT2D eigenvalue weighted by molar-refractivity contribution is 0.0620. The third-order valence-corrected chi connectivity index (χ3v) is 5.59. The smallest absolute Gasteiger partial charge is 0.274 e. The molecule has 8 nitrogen and oxygen atoms in total. The number of hydrogen-bond acceptors (Lipinski definition) is 5. The molecule has 0 N–H and O–H groups in total. The first-order chi connectivity index (χ1) is 14.9. The van der Waals surface area contributed by atoms with E-state index in [2.05, 4.69) is 27.4 Å². The zero-order valence-corrected chi connectivity index (χ0v) is 18.7. The lowest BCUT2D eigenvalue weighted by atomic mass is 10.1. The molecule has 3 heterocycles. The van der Waals surface area contributed by atoms with Crippen molar-refractivity contribution < 1.29 is 9.53 Å². The van der Waals surface area contributed by atoms with E-state index >= 15 is 0 Å². The van der Waals surface area contributed by atoms with Gasteiger partial charge in [0.1, 0.15) is 5.75 Å². The predicted octanol–water partition coefficient (Wildman–Crippen LogP) is 2.54. The first-order valence-corrected chi connectivity index (χ1v) is 10.6. The molecule has 1 fully saturated rings. The minimum absolute atomic E-state index is 0.0256. The average molecular weight is 423 g/mol. The summed E-state index contributed by atoms with van der Waals surface area (Å²) < 4.78 is 9.35. The Bertz CT molecular complexity index is 1040. The van der Waals surface area contributed by atoms with Gasteiger partial charge in [0.15, 0.2) is 12.4 Å². The van der Waals surface area contributed by atoms with Crippen LogP contribution < -0.4 is 4.74 Å². The van der Waals surface area contributed by atoms with Gasteiger partial charge in [0.2, 0.25) is 0 Å². The highest BCUT2D eigenvalue weighted by Gasteiger charge is 2.24. The van der Waals surface area contributed by atoms with Crippen LogP contribution in [0.15, 0.2) is 36.7 Å². The molecule has 8 heteroatoms. The van der Waals surface area contributed by atoms with E-state index in [0.29, 0.717) is 18.8 Å². The van der Waals surface area contributed by atoms with Crippen LogP contribution in [0.3, 0.4) is 0 Å². The topological polar surface area (TPSA) is 68.4 Å². The molecule has 4 rings (SSSR count). The quantitative estimate of drug-likeness (QED) is 0.611. The van der Waals surface area contributed by atoms with Crippen molar-refractivity contribution in [3.05, 3.63) is 64.7 Å². The molecule has 0 aliphatic carbocycles. The van der Waals surface area contributed by atoms with Crippen LogP contribution in [0, 0.1) is 20.8 Å². The van der Waals surface area contributed by atoms with E-state index in [9.17, 15) is 4.79 Å². The van der Waals surface area contributed by atoms with Crippen molar-refractivity contribution in [2.75, 3.05) is 26.2 Å². The number of carbonyl (C=O) groups excluding carboxylic acids is 1. The maximum absolute atomic E-state index is 12.9. The van der Waals surface area contributed by atoms with E-state index in [0.717, 1.165) is 42.2 Å². The Hall–Kier alpha value is -3.13. The van der Waals surface area contributed by atoms with Gasteiger partial charge in [-0.15, -0.1) is 0 Å². The highest BCUT2D eigenvalue weighted by Crippen LogP contribution is 2.17. The molecule has 0 atom stereocenters. The molecule has 0 spiro atoms. The van der Waals surface area contributed by atoms with E-state index in [4.69, 9.17) is 4.74 Å². The van der Waals surface area contributed by atoms with Crippen LogP contribution in [0.5, 0.6) is 5.75 Å². The van der Waals surface area contributed by atoms with Crippen molar-refractivity contribution in [1.29, 1.82) is 0 Å². The Morgan fingerprint density at radius 1 is 1.03 bits per heavy atom.